The molecule has 9 rings (SSSR count). The molecular weight excluding hydrogens is 780 g/mol. The van der Waals surface area contributed by atoms with E-state index in [-0.39, 0.29) is 10.8 Å². The van der Waals surface area contributed by atoms with Crippen molar-refractivity contribution in [1.29, 1.82) is 0 Å². The van der Waals surface area contributed by atoms with Gasteiger partial charge in [-0.3, -0.25) is 0 Å². The van der Waals surface area contributed by atoms with Crippen molar-refractivity contribution in [3.63, 3.8) is 0 Å². The summed E-state index contributed by atoms with van der Waals surface area (Å²) in [5.41, 5.74) is 16.7. The summed E-state index contributed by atoms with van der Waals surface area (Å²) in [5.74, 6) is -1.81. The van der Waals surface area contributed by atoms with Gasteiger partial charge in [0, 0.05) is 0 Å². The molecular formula is C55H55SiZr. The zero-order valence-corrected chi connectivity index (χ0v) is 38.4. The quantitative estimate of drug-likeness (QED) is 0.134. The molecule has 0 aliphatic heterocycles. The Labute approximate surface area is 350 Å². The third-order valence-electron chi connectivity index (χ3n) is 12.7. The SMILES string of the molecule is CCCC1=Cc2c(-c3cccc4ccccc34)cccc2[CH]1[Zr]([c]1c(C(C)(C)C)ccc2c1Cc1cc(C(C)(C)C)ccc1-2)[SiH](c1ccccc1)c1ccccc1. The van der Waals surface area contributed by atoms with Crippen LogP contribution >= 0.6 is 0 Å². The maximum atomic E-state index is 2.69. The van der Waals surface area contributed by atoms with Crippen LogP contribution in [0.25, 0.3) is 39.1 Å². The normalized spacial score (nSPS) is 14.7. The predicted octanol–water partition coefficient (Wildman–Crippen LogP) is 12.4. The average Bonchev–Trinajstić information content (AvgIpc) is 3.77. The molecule has 0 saturated carbocycles. The first-order valence-electron chi connectivity index (χ1n) is 21.1. The molecule has 2 heteroatoms. The molecule has 2 aliphatic carbocycles. The van der Waals surface area contributed by atoms with E-state index >= 15 is 0 Å². The van der Waals surface area contributed by atoms with Crippen LogP contribution < -0.4 is 13.6 Å². The number of hydrogen-bond donors (Lipinski definition) is 0. The molecule has 57 heavy (non-hydrogen) atoms. The van der Waals surface area contributed by atoms with Gasteiger partial charge in [0.25, 0.3) is 0 Å². The molecule has 1 unspecified atom stereocenters. The first-order valence-corrected chi connectivity index (χ1v) is 29.8. The third-order valence-corrected chi connectivity index (χ3v) is 34.6. The molecule has 7 aromatic carbocycles. The Kier molecular flexibility index (Phi) is 10.1. The molecule has 283 valence electrons. The zero-order valence-electron chi connectivity index (χ0n) is 34.8. The van der Waals surface area contributed by atoms with Gasteiger partial charge in [-0.2, -0.15) is 0 Å². The van der Waals surface area contributed by atoms with E-state index in [0.29, 0.717) is 3.63 Å². The summed E-state index contributed by atoms with van der Waals surface area (Å²) in [6.07, 6.45) is 6.01. The van der Waals surface area contributed by atoms with Gasteiger partial charge in [0.1, 0.15) is 0 Å². The molecule has 2 aliphatic rings. The van der Waals surface area contributed by atoms with Gasteiger partial charge in [-0.25, -0.2) is 0 Å². The number of allylic oxidation sites excluding steroid dienone is 1. The molecule has 0 nitrogen and oxygen atoms in total. The van der Waals surface area contributed by atoms with Crippen molar-refractivity contribution in [1.82, 2.24) is 0 Å². The Balaban J connectivity index is 1.36. The minimum atomic E-state index is -2.94. The van der Waals surface area contributed by atoms with Gasteiger partial charge in [0.05, 0.1) is 0 Å². The molecule has 0 radical (unpaired) electrons. The molecule has 0 spiro atoms. The van der Waals surface area contributed by atoms with Crippen molar-refractivity contribution in [2.24, 2.45) is 0 Å². The molecule has 0 bridgehead atoms. The Hall–Kier alpha value is -4.36. The van der Waals surface area contributed by atoms with Crippen molar-refractivity contribution in [3.8, 4) is 22.3 Å². The zero-order chi connectivity index (χ0) is 39.5. The molecule has 0 heterocycles. The summed E-state index contributed by atoms with van der Waals surface area (Å²) in [5, 5.41) is 5.86. The van der Waals surface area contributed by atoms with Gasteiger partial charge in [-0.1, -0.05) is 0 Å². The van der Waals surface area contributed by atoms with Gasteiger partial charge in [-0.15, -0.1) is 0 Å². The number of rotatable bonds is 8. The average molecular weight is 835 g/mol. The van der Waals surface area contributed by atoms with E-state index in [0.717, 1.165) is 19.3 Å². The van der Waals surface area contributed by atoms with Crippen LogP contribution in [0.1, 0.15) is 98.3 Å². The van der Waals surface area contributed by atoms with Crippen molar-refractivity contribution < 1.29 is 20.9 Å². The summed E-state index contributed by atoms with van der Waals surface area (Å²) in [6, 6.07) is 59.3. The molecule has 0 amide bonds. The van der Waals surface area contributed by atoms with E-state index in [9.17, 15) is 0 Å². The second-order valence-corrected chi connectivity index (χ2v) is 33.5. The van der Waals surface area contributed by atoms with E-state index in [1.54, 1.807) is 32.6 Å². The number of benzene rings is 7. The van der Waals surface area contributed by atoms with E-state index < -0.39 is 26.8 Å². The van der Waals surface area contributed by atoms with Gasteiger partial charge in [0.2, 0.25) is 0 Å². The first kappa shape index (κ1) is 38.2. The second-order valence-electron chi connectivity index (χ2n) is 18.5. The van der Waals surface area contributed by atoms with Gasteiger partial charge in [0.15, 0.2) is 0 Å². The number of hydrogen-bond acceptors (Lipinski definition) is 0. The van der Waals surface area contributed by atoms with E-state index in [2.05, 4.69) is 206 Å². The van der Waals surface area contributed by atoms with Gasteiger partial charge >= 0.3 is 352 Å². The topological polar surface area (TPSA) is 0 Å². The summed E-state index contributed by atoms with van der Waals surface area (Å²) >= 11 is -2.94. The number of fused-ring (bicyclic) bond motifs is 5. The van der Waals surface area contributed by atoms with Crippen LogP contribution in [-0.2, 0) is 38.2 Å². The van der Waals surface area contributed by atoms with Crippen LogP contribution in [0.2, 0.25) is 0 Å². The fourth-order valence-corrected chi connectivity index (χ4v) is 37.0. The fourth-order valence-electron chi connectivity index (χ4n) is 10.0. The van der Waals surface area contributed by atoms with Crippen LogP contribution in [0.5, 0.6) is 0 Å². The summed E-state index contributed by atoms with van der Waals surface area (Å²) in [6.45, 7) is 16.9. The predicted molar refractivity (Wildman–Crippen MR) is 246 cm³/mol. The fraction of sp³-hybridized carbons (Fsp3) is 0.236. The molecule has 0 N–H and O–H groups in total. The van der Waals surface area contributed by atoms with Gasteiger partial charge < -0.3 is 0 Å². The van der Waals surface area contributed by atoms with E-state index in [4.69, 9.17) is 0 Å². The Morgan fingerprint density at radius 3 is 1.91 bits per heavy atom. The summed E-state index contributed by atoms with van der Waals surface area (Å²) < 4.78 is 2.27. The van der Waals surface area contributed by atoms with Crippen LogP contribution in [0.3, 0.4) is 0 Å². The molecule has 0 saturated heterocycles. The monoisotopic (exact) mass is 833 g/mol. The first-order chi connectivity index (χ1) is 27.5. The molecule has 1 atom stereocenters. The second kappa shape index (κ2) is 15.1. The molecule has 0 aromatic heterocycles. The van der Waals surface area contributed by atoms with Crippen LogP contribution in [0.15, 0.2) is 157 Å². The minimum absolute atomic E-state index is 0.00864. The Morgan fingerprint density at radius 2 is 1.23 bits per heavy atom. The van der Waals surface area contributed by atoms with Crippen LogP contribution in [0, 0.1) is 0 Å². The van der Waals surface area contributed by atoms with E-state index in [1.807, 2.05) is 3.27 Å². The Morgan fingerprint density at radius 1 is 0.596 bits per heavy atom. The molecule has 7 aromatic rings. The van der Waals surface area contributed by atoms with Crippen molar-refractivity contribution in [3.05, 3.63) is 191 Å². The van der Waals surface area contributed by atoms with Crippen molar-refractivity contribution in [2.75, 3.05) is 0 Å². The van der Waals surface area contributed by atoms with Crippen LogP contribution in [0.4, 0.5) is 0 Å². The third kappa shape index (κ3) is 6.92. The maximum absolute atomic E-state index is 2.94. The molecule has 0 fully saturated rings. The van der Waals surface area contributed by atoms with Crippen LogP contribution in [-0.4, -0.2) is 5.92 Å². The summed E-state index contributed by atoms with van der Waals surface area (Å²) in [4.78, 5) is 0. The van der Waals surface area contributed by atoms with E-state index in [1.165, 1.54) is 49.7 Å². The Bertz CT molecular complexity index is 2590. The van der Waals surface area contributed by atoms with Gasteiger partial charge in [-0.05, 0) is 0 Å². The summed E-state index contributed by atoms with van der Waals surface area (Å²) in [7, 11) is 0. The van der Waals surface area contributed by atoms with Crippen molar-refractivity contribution in [2.45, 2.75) is 82.2 Å². The van der Waals surface area contributed by atoms with Crippen molar-refractivity contribution >= 4 is 36.4 Å². The standard InChI is InChI=1S/C22H19.C21H25.C12H11Si.Zr/c1-2-7-16-14-18-10-6-13-21(22(18)15-16)20-12-5-9-17-8-3-4-11-19(17)20;1-20(2,3)16-7-9-18-14(12-16)11-15-13-17(21(4,5)6)8-10-19(15)18;1-3-7-11(8-4-1)13-12-9-5-2-6-10-12;/h3-6,8-15H,2,7H2,1H3;7-10,12H,11H2,1-6H3;1-10,13H;.